The predicted octanol–water partition coefficient (Wildman–Crippen LogP) is 3.21. The van der Waals surface area contributed by atoms with Gasteiger partial charge >= 0.3 is 0 Å². The maximum absolute atomic E-state index is 6.26. The lowest BCUT2D eigenvalue weighted by molar-refractivity contribution is -0.0448. The molecule has 4 nitrogen and oxygen atoms in total. The summed E-state index contributed by atoms with van der Waals surface area (Å²) in [5.74, 6) is 0.508. The van der Waals surface area contributed by atoms with Crippen LogP contribution in [0.4, 0.5) is 0 Å². The molecule has 2 aromatic rings. The molecule has 1 spiro atoms. The van der Waals surface area contributed by atoms with E-state index in [9.17, 15) is 0 Å². The lowest BCUT2D eigenvalue weighted by Gasteiger charge is -2.38. The zero-order chi connectivity index (χ0) is 14.8. The van der Waals surface area contributed by atoms with Crippen LogP contribution < -0.4 is 0 Å². The van der Waals surface area contributed by atoms with E-state index in [1.54, 1.807) is 6.26 Å². The van der Waals surface area contributed by atoms with Crippen molar-refractivity contribution in [1.82, 2.24) is 9.88 Å². The Morgan fingerprint density at radius 1 is 1.27 bits per heavy atom. The Balaban J connectivity index is 1.35. The molecule has 2 fully saturated rings. The Morgan fingerprint density at radius 3 is 2.91 bits per heavy atom. The molecule has 22 heavy (non-hydrogen) atoms. The van der Waals surface area contributed by atoms with Crippen molar-refractivity contribution in [2.24, 2.45) is 0 Å². The molecular weight excluding hydrogens is 276 g/mol. The highest BCUT2D eigenvalue weighted by atomic mass is 16.5. The van der Waals surface area contributed by atoms with Gasteiger partial charge < -0.3 is 9.15 Å². The van der Waals surface area contributed by atoms with Gasteiger partial charge in [0.1, 0.15) is 0 Å². The Hall–Kier alpha value is -1.65. The van der Waals surface area contributed by atoms with Crippen LogP contribution in [0.3, 0.4) is 0 Å². The predicted molar refractivity (Wildman–Crippen MR) is 83.5 cm³/mol. The number of hydrogen-bond acceptors (Lipinski definition) is 4. The number of likely N-dealkylation sites (tertiary alicyclic amines) is 1. The van der Waals surface area contributed by atoms with Crippen molar-refractivity contribution in [3.63, 3.8) is 0 Å². The highest BCUT2D eigenvalue weighted by molar-refractivity contribution is 5.18. The van der Waals surface area contributed by atoms with Crippen LogP contribution >= 0.6 is 0 Å². The van der Waals surface area contributed by atoms with Gasteiger partial charge in [-0.05, 0) is 37.0 Å². The van der Waals surface area contributed by atoms with E-state index < -0.39 is 0 Å². The van der Waals surface area contributed by atoms with Crippen molar-refractivity contribution in [1.29, 1.82) is 0 Å². The topological polar surface area (TPSA) is 38.5 Å². The average Bonchev–Trinajstić information content (AvgIpc) is 3.21. The second kappa shape index (κ2) is 5.86. The number of furan rings is 1. The summed E-state index contributed by atoms with van der Waals surface area (Å²) >= 11 is 0. The maximum Gasteiger partial charge on any atom is 0.0947 e. The zero-order valence-corrected chi connectivity index (χ0v) is 12.8. The van der Waals surface area contributed by atoms with Crippen LogP contribution in [-0.4, -0.2) is 35.2 Å². The molecule has 4 heterocycles. The number of rotatable bonds is 3. The molecule has 4 heteroatoms. The number of nitrogens with zero attached hydrogens (tertiary/aromatic N) is 2. The molecule has 0 bridgehead atoms. The highest BCUT2D eigenvalue weighted by Gasteiger charge is 2.43. The lowest BCUT2D eigenvalue weighted by Crippen LogP contribution is -2.43. The molecule has 116 valence electrons. The summed E-state index contributed by atoms with van der Waals surface area (Å²) in [4.78, 5) is 6.74. The summed E-state index contributed by atoms with van der Waals surface area (Å²) in [6.07, 6.45) is 10.8. The van der Waals surface area contributed by atoms with Gasteiger partial charge in [-0.25, -0.2) is 0 Å². The van der Waals surface area contributed by atoms with E-state index in [-0.39, 0.29) is 5.60 Å². The molecule has 1 atom stereocenters. The summed E-state index contributed by atoms with van der Waals surface area (Å²) < 4.78 is 11.4. The molecule has 4 rings (SSSR count). The fourth-order valence-corrected chi connectivity index (χ4v) is 3.78. The summed E-state index contributed by atoms with van der Waals surface area (Å²) in [5, 5.41) is 0. The quantitative estimate of drug-likeness (QED) is 0.872. The van der Waals surface area contributed by atoms with E-state index in [2.05, 4.69) is 22.0 Å². The normalized spacial score (nSPS) is 24.8. The van der Waals surface area contributed by atoms with E-state index in [4.69, 9.17) is 9.15 Å². The van der Waals surface area contributed by atoms with Crippen molar-refractivity contribution < 1.29 is 9.15 Å². The van der Waals surface area contributed by atoms with Gasteiger partial charge in [-0.2, -0.15) is 0 Å². The fourth-order valence-electron chi connectivity index (χ4n) is 3.78. The Kier molecular flexibility index (Phi) is 3.72. The standard InChI is InChI=1S/C18H22N2O2/c1-2-16(11-19-6-1)17-10-18(22-14-17)4-7-20(8-5-18)12-15-3-9-21-13-15/h1-3,6,9,11,13,17H,4-5,7-8,10,12,14H2/t17-/m1/s1. The first-order chi connectivity index (χ1) is 10.8. The Morgan fingerprint density at radius 2 is 2.18 bits per heavy atom. The molecule has 2 saturated heterocycles. The van der Waals surface area contributed by atoms with Gasteiger partial charge in [0.15, 0.2) is 0 Å². The fraction of sp³-hybridized carbons (Fsp3) is 0.500. The third-order valence-corrected chi connectivity index (χ3v) is 5.12. The van der Waals surface area contributed by atoms with E-state index in [1.807, 2.05) is 24.7 Å². The third kappa shape index (κ3) is 2.81. The first-order valence-corrected chi connectivity index (χ1v) is 8.10. The number of hydrogen-bond donors (Lipinski definition) is 0. The summed E-state index contributed by atoms with van der Waals surface area (Å²) in [7, 11) is 0. The zero-order valence-electron chi connectivity index (χ0n) is 12.8. The van der Waals surface area contributed by atoms with Crippen LogP contribution in [0.15, 0.2) is 47.5 Å². The van der Waals surface area contributed by atoms with Gasteiger partial charge in [0, 0.05) is 43.5 Å². The van der Waals surface area contributed by atoms with Crippen LogP contribution in [0, 0.1) is 0 Å². The van der Waals surface area contributed by atoms with E-state index in [0.29, 0.717) is 5.92 Å². The minimum absolute atomic E-state index is 0.0907. The smallest absolute Gasteiger partial charge is 0.0947 e. The molecule has 2 aliphatic heterocycles. The van der Waals surface area contributed by atoms with Gasteiger partial charge in [0.2, 0.25) is 0 Å². The van der Waals surface area contributed by atoms with E-state index >= 15 is 0 Å². The SMILES string of the molecule is c1cncc([C@H]2COC3(CCN(Cc4ccoc4)CC3)C2)c1. The molecule has 0 amide bonds. The number of aromatic nitrogens is 1. The molecule has 2 aliphatic rings. The molecule has 0 N–H and O–H groups in total. The average molecular weight is 298 g/mol. The van der Waals surface area contributed by atoms with Gasteiger partial charge in [0.05, 0.1) is 24.7 Å². The van der Waals surface area contributed by atoms with Crippen molar-refractivity contribution >= 4 is 0 Å². The number of pyridine rings is 1. The van der Waals surface area contributed by atoms with Crippen LogP contribution in [0.1, 0.15) is 36.3 Å². The molecule has 0 unspecified atom stereocenters. The second-order valence-corrected chi connectivity index (χ2v) is 6.59. The first kappa shape index (κ1) is 14.0. The van der Waals surface area contributed by atoms with E-state index in [1.165, 1.54) is 11.1 Å². The van der Waals surface area contributed by atoms with Gasteiger partial charge in [-0.15, -0.1) is 0 Å². The van der Waals surface area contributed by atoms with Crippen molar-refractivity contribution in [3.8, 4) is 0 Å². The minimum atomic E-state index is 0.0907. The monoisotopic (exact) mass is 298 g/mol. The van der Waals surface area contributed by atoms with Crippen LogP contribution in [0.5, 0.6) is 0 Å². The van der Waals surface area contributed by atoms with Gasteiger partial charge in [-0.3, -0.25) is 9.88 Å². The van der Waals surface area contributed by atoms with Crippen molar-refractivity contribution in [2.45, 2.75) is 37.3 Å². The van der Waals surface area contributed by atoms with Crippen LogP contribution in [0.25, 0.3) is 0 Å². The number of ether oxygens (including phenoxy) is 1. The van der Waals surface area contributed by atoms with Crippen molar-refractivity contribution in [3.05, 3.63) is 54.2 Å². The molecule has 2 aromatic heterocycles. The lowest BCUT2D eigenvalue weighted by atomic mass is 9.83. The van der Waals surface area contributed by atoms with Crippen molar-refractivity contribution in [2.75, 3.05) is 19.7 Å². The summed E-state index contributed by atoms with van der Waals surface area (Å²) in [5.41, 5.74) is 2.67. The second-order valence-electron chi connectivity index (χ2n) is 6.59. The Labute approximate surface area is 131 Å². The van der Waals surface area contributed by atoms with Crippen LogP contribution in [-0.2, 0) is 11.3 Å². The third-order valence-electron chi connectivity index (χ3n) is 5.12. The van der Waals surface area contributed by atoms with Gasteiger partial charge in [-0.1, -0.05) is 6.07 Å². The largest absolute Gasteiger partial charge is 0.472 e. The van der Waals surface area contributed by atoms with Gasteiger partial charge in [0.25, 0.3) is 0 Å². The first-order valence-electron chi connectivity index (χ1n) is 8.10. The maximum atomic E-state index is 6.26. The molecule has 0 radical (unpaired) electrons. The number of piperidine rings is 1. The minimum Gasteiger partial charge on any atom is -0.472 e. The molecule has 0 aliphatic carbocycles. The molecule has 0 saturated carbocycles. The highest BCUT2D eigenvalue weighted by Crippen LogP contribution is 2.42. The molecule has 0 aromatic carbocycles. The molecular formula is C18H22N2O2. The Bertz CT molecular complexity index is 589. The summed E-state index contributed by atoms with van der Waals surface area (Å²) in [6.45, 7) is 4.03. The van der Waals surface area contributed by atoms with E-state index in [0.717, 1.165) is 45.5 Å². The van der Waals surface area contributed by atoms with Crippen LogP contribution in [0.2, 0.25) is 0 Å². The summed E-state index contributed by atoms with van der Waals surface area (Å²) in [6, 6.07) is 6.25.